The molecule has 96 valence electrons. The van der Waals surface area contributed by atoms with Gasteiger partial charge in [0.25, 0.3) is 0 Å². The molecule has 0 bridgehead atoms. The van der Waals surface area contributed by atoms with Crippen LogP contribution in [0.15, 0.2) is 29.2 Å². The molecule has 0 heterocycles. The molecule has 1 N–H and O–H groups in total. The van der Waals surface area contributed by atoms with Crippen LogP contribution in [0.1, 0.15) is 40.2 Å². The summed E-state index contributed by atoms with van der Waals surface area (Å²) in [4.78, 5) is 1.27. The van der Waals surface area contributed by atoms with Gasteiger partial charge in [-0.05, 0) is 52.7 Å². The van der Waals surface area contributed by atoms with Crippen molar-refractivity contribution >= 4 is 11.8 Å². The highest BCUT2D eigenvalue weighted by molar-refractivity contribution is 8.00. The molecule has 17 heavy (non-hydrogen) atoms. The van der Waals surface area contributed by atoms with Gasteiger partial charge in [-0.1, -0.05) is 24.6 Å². The molecule has 0 amide bonds. The second-order valence-corrected chi connectivity index (χ2v) is 7.63. The minimum absolute atomic E-state index is 0.00600. The number of thioether (sulfide) groups is 1. The fourth-order valence-corrected chi connectivity index (χ4v) is 3.39. The molecule has 0 radical (unpaired) electrons. The summed E-state index contributed by atoms with van der Waals surface area (Å²) in [5, 5.41) is 10.1. The molecule has 1 rings (SSSR count). The zero-order valence-corrected chi connectivity index (χ0v) is 12.6. The zero-order chi connectivity index (χ0) is 13.3. The van der Waals surface area contributed by atoms with Crippen molar-refractivity contribution in [3.8, 4) is 0 Å². The van der Waals surface area contributed by atoms with E-state index in [0.717, 1.165) is 0 Å². The summed E-state index contributed by atoms with van der Waals surface area (Å²) in [5.74, 6) is 0.209. The molecule has 0 spiro atoms. The van der Waals surface area contributed by atoms with Crippen molar-refractivity contribution in [2.24, 2.45) is 5.92 Å². The molecule has 0 aromatic heterocycles. The normalized spacial score (nSPS) is 14.8. The zero-order valence-electron chi connectivity index (χ0n) is 11.7. The maximum absolute atomic E-state index is 10.1. The van der Waals surface area contributed by atoms with E-state index in [2.05, 4.69) is 52.0 Å². The van der Waals surface area contributed by atoms with Crippen LogP contribution in [0, 0.1) is 12.8 Å². The minimum Gasteiger partial charge on any atom is -0.390 e. The largest absolute Gasteiger partial charge is 0.390 e. The van der Waals surface area contributed by atoms with Crippen LogP contribution >= 0.6 is 11.8 Å². The van der Waals surface area contributed by atoms with E-state index in [1.807, 2.05) is 25.6 Å². The lowest BCUT2D eigenvalue weighted by atomic mass is 9.83. The van der Waals surface area contributed by atoms with E-state index < -0.39 is 5.60 Å². The highest BCUT2D eigenvalue weighted by Gasteiger charge is 2.36. The van der Waals surface area contributed by atoms with Crippen molar-refractivity contribution in [1.29, 1.82) is 0 Å². The third-order valence-electron chi connectivity index (χ3n) is 3.47. The fourth-order valence-electron chi connectivity index (χ4n) is 1.92. The highest BCUT2D eigenvalue weighted by Crippen LogP contribution is 2.42. The molecule has 2 heteroatoms. The molecule has 1 nitrogen and oxygen atoms in total. The quantitative estimate of drug-likeness (QED) is 0.807. The van der Waals surface area contributed by atoms with Gasteiger partial charge >= 0.3 is 0 Å². The first-order valence-corrected chi connectivity index (χ1v) is 6.92. The van der Waals surface area contributed by atoms with Gasteiger partial charge in [-0.2, -0.15) is 0 Å². The molecule has 0 aliphatic carbocycles. The molecule has 0 saturated heterocycles. The van der Waals surface area contributed by atoms with Crippen LogP contribution in [0.25, 0.3) is 0 Å². The highest BCUT2D eigenvalue weighted by atomic mass is 32.2. The third-order valence-corrected chi connectivity index (χ3v) is 4.84. The monoisotopic (exact) mass is 252 g/mol. The van der Waals surface area contributed by atoms with Gasteiger partial charge < -0.3 is 5.11 Å². The Labute approximate surface area is 110 Å². The van der Waals surface area contributed by atoms with Gasteiger partial charge in [0.2, 0.25) is 0 Å². The number of rotatable bonds is 4. The lowest BCUT2D eigenvalue weighted by Crippen LogP contribution is -2.41. The van der Waals surface area contributed by atoms with E-state index in [1.54, 1.807) is 0 Å². The summed E-state index contributed by atoms with van der Waals surface area (Å²) in [6.45, 7) is 12.4. The molecule has 1 unspecified atom stereocenters. The number of hydrogen-bond acceptors (Lipinski definition) is 2. The van der Waals surface area contributed by atoms with Gasteiger partial charge in [0, 0.05) is 9.64 Å². The van der Waals surface area contributed by atoms with E-state index in [0.29, 0.717) is 0 Å². The average molecular weight is 252 g/mol. The summed E-state index contributed by atoms with van der Waals surface area (Å²) < 4.78 is 0.00600. The van der Waals surface area contributed by atoms with Crippen LogP contribution in [0.2, 0.25) is 0 Å². The Morgan fingerprint density at radius 2 is 1.76 bits per heavy atom. The summed E-state index contributed by atoms with van der Waals surface area (Å²) in [5.41, 5.74) is 0.627. The molecule has 1 aromatic carbocycles. The Hall–Kier alpha value is -0.470. The maximum atomic E-state index is 10.1. The average Bonchev–Trinajstić information content (AvgIpc) is 2.14. The van der Waals surface area contributed by atoms with Crippen molar-refractivity contribution in [2.75, 3.05) is 0 Å². The summed E-state index contributed by atoms with van der Waals surface area (Å²) in [6, 6.07) is 8.53. The van der Waals surface area contributed by atoms with Crippen LogP contribution in [-0.4, -0.2) is 15.5 Å². The van der Waals surface area contributed by atoms with E-state index in [1.165, 1.54) is 10.5 Å². The first kappa shape index (κ1) is 14.6. The van der Waals surface area contributed by atoms with E-state index in [9.17, 15) is 5.11 Å². The second-order valence-electron chi connectivity index (χ2n) is 5.90. The van der Waals surface area contributed by atoms with Gasteiger partial charge in [0.1, 0.15) is 0 Å². The van der Waals surface area contributed by atoms with E-state index in [-0.39, 0.29) is 10.7 Å². The van der Waals surface area contributed by atoms with Crippen molar-refractivity contribution < 1.29 is 5.11 Å². The Kier molecular flexibility index (Phi) is 4.32. The first-order chi connectivity index (χ1) is 7.63. The van der Waals surface area contributed by atoms with E-state index >= 15 is 0 Å². The molecule has 1 atom stereocenters. The van der Waals surface area contributed by atoms with Crippen LogP contribution in [-0.2, 0) is 0 Å². The van der Waals surface area contributed by atoms with Crippen LogP contribution in [0.3, 0.4) is 0 Å². The molecule has 0 saturated carbocycles. The molecular weight excluding hydrogens is 228 g/mol. The number of hydrogen-bond donors (Lipinski definition) is 1. The third kappa shape index (κ3) is 4.04. The van der Waals surface area contributed by atoms with Crippen molar-refractivity contribution in [3.63, 3.8) is 0 Å². The van der Waals surface area contributed by atoms with Gasteiger partial charge in [-0.15, -0.1) is 11.8 Å². The summed E-state index contributed by atoms with van der Waals surface area (Å²) in [6.07, 6.45) is 0. The SMILES string of the molecule is Cc1cccc(SC(C)(C)C(C)C(C)(C)O)c1. The van der Waals surface area contributed by atoms with Gasteiger partial charge in [0.15, 0.2) is 0 Å². The van der Waals surface area contributed by atoms with Crippen LogP contribution < -0.4 is 0 Å². The maximum Gasteiger partial charge on any atom is 0.0630 e. The Morgan fingerprint density at radius 3 is 2.24 bits per heavy atom. The van der Waals surface area contributed by atoms with Crippen molar-refractivity contribution in [2.45, 2.75) is 56.8 Å². The number of aryl methyl sites for hydroxylation is 1. The molecular formula is C15H24OS. The summed E-state index contributed by atoms with van der Waals surface area (Å²) >= 11 is 1.84. The molecule has 0 fully saturated rings. The molecule has 1 aromatic rings. The van der Waals surface area contributed by atoms with Gasteiger partial charge in [-0.3, -0.25) is 0 Å². The predicted molar refractivity (Wildman–Crippen MR) is 76.6 cm³/mol. The first-order valence-electron chi connectivity index (χ1n) is 6.11. The standard InChI is InChI=1S/C15H24OS/c1-11-8-7-9-13(10-11)17-15(5,6)12(2)14(3,4)16/h7-10,12,16H,1-6H3. The molecule has 0 aliphatic rings. The topological polar surface area (TPSA) is 20.2 Å². The Balaban J connectivity index is 2.86. The van der Waals surface area contributed by atoms with Crippen LogP contribution in [0.4, 0.5) is 0 Å². The smallest absolute Gasteiger partial charge is 0.0630 e. The number of benzene rings is 1. The Bertz CT molecular complexity index is 377. The Morgan fingerprint density at radius 1 is 1.18 bits per heavy atom. The van der Waals surface area contributed by atoms with Crippen molar-refractivity contribution in [1.82, 2.24) is 0 Å². The molecule has 0 aliphatic heterocycles. The fraction of sp³-hybridized carbons (Fsp3) is 0.600. The van der Waals surface area contributed by atoms with E-state index in [4.69, 9.17) is 0 Å². The van der Waals surface area contributed by atoms with Gasteiger partial charge in [-0.25, -0.2) is 0 Å². The van der Waals surface area contributed by atoms with Gasteiger partial charge in [0.05, 0.1) is 5.60 Å². The summed E-state index contributed by atoms with van der Waals surface area (Å²) in [7, 11) is 0. The van der Waals surface area contributed by atoms with Crippen LogP contribution in [0.5, 0.6) is 0 Å². The minimum atomic E-state index is -0.652. The lowest BCUT2D eigenvalue weighted by molar-refractivity contribution is 0.0128. The van der Waals surface area contributed by atoms with Crippen molar-refractivity contribution in [3.05, 3.63) is 29.8 Å². The second kappa shape index (κ2) is 5.03. The predicted octanol–water partition coefficient (Wildman–Crippen LogP) is 4.27. The number of aliphatic hydroxyl groups is 1. The lowest BCUT2D eigenvalue weighted by Gasteiger charge is -2.39.